The number of hydrogen-bond donors (Lipinski definition) is 0. The molecule has 0 N–H and O–H groups in total. The van der Waals surface area contributed by atoms with Crippen LogP contribution in [0.4, 0.5) is 0 Å². The van der Waals surface area contributed by atoms with E-state index in [1.165, 1.54) is 0 Å². The van der Waals surface area contributed by atoms with Gasteiger partial charge in [-0.25, -0.2) is 0 Å². The molecule has 0 aromatic heterocycles. The molecule has 6 heteroatoms. The monoisotopic (exact) mass is 417 g/mol. The third-order valence-electron chi connectivity index (χ3n) is 3.68. The molecule has 1 saturated heterocycles. The predicted octanol–water partition coefficient (Wildman–Crippen LogP) is 2.53. The molecule has 0 unspecified atom stereocenters. The van der Waals surface area contributed by atoms with E-state index in [4.69, 9.17) is 0 Å². The van der Waals surface area contributed by atoms with Crippen molar-refractivity contribution in [3.63, 3.8) is 0 Å². The van der Waals surface area contributed by atoms with Gasteiger partial charge < -0.3 is 9.80 Å². The lowest BCUT2D eigenvalue weighted by molar-refractivity contribution is 0.0629. The molecule has 0 saturated carbocycles. The Kier molecular flexibility index (Phi) is 6.22. The Balaban J connectivity index is 1.91. The number of rotatable bonds is 4. The molecular formula is C15H21Br2N3O. The van der Waals surface area contributed by atoms with Crippen LogP contribution >= 0.6 is 31.9 Å². The van der Waals surface area contributed by atoms with Crippen LogP contribution in [0.15, 0.2) is 27.1 Å². The molecule has 0 aliphatic carbocycles. The highest BCUT2D eigenvalue weighted by Crippen LogP contribution is 2.23. The highest BCUT2D eigenvalue weighted by Gasteiger charge is 2.23. The van der Waals surface area contributed by atoms with Crippen LogP contribution in [-0.4, -0.2) is 74.0 Å². The second kappa shape index (κ2) is 7.72. The maximum Gasteiger partial charge on any atom is 0.255 e. The van der Waals surface area contributed by atoms with Crippen molar-refractivity contribution in [3.05, 3.63) is 32.7 Å². The van der Waals surface area contributed by atoms with E-state index in [0.29, 0.717) is 0 Å². The van der Waals surface area contributed by atoms with Crippen molar-refractivity contribution in [2.24, 2.45) is 0 Å². The lowest BCUT2D eigenvalue weighted by atomic mass is 10.2. The van der Waals surface area contributed by atoms with E-state index in [1.54, 1.807) is 0 Å². The lowest BCUT2D eigenvalue weighted by Crippen LogP contribution is -2.50. The van der Waals surface area contributed by atoms with Crippen LogP contribution in [-0.2, 0) is 0 Å². The van der Waals surface area contributed by atoms with Crippen molar-refractivity contribution < 1.29 is 4.79 Å². The molecule has 1 aliphatic heterocycles. The maximum absolute atomic E-state index is 12.6. The summed E-state index contributed by atoms with van der Waals surface area (Å²) in [5.41, 5.74) is 0.736. The van der Waals surface area contributed by atoms with Gasteiger partial charge in [0.05, 0.1) is 5.56 Å². The summed E-state index contributed by atoms with van der Waals surface area (Å²) in [4.78, 5) is 19.1. The van der Waals surface area contributed by atoms with Gasteiger partial charge in [0.1, 0.15) is 0 Å². The zero-order chi connectivity index (χ0) is 15.4. The largest absolute Gasteiger partial charge is 0.336 e. The van der Waals surface area contributed by atoms with Crippen molar-refractivity contribution in [3.8, 4) is 0 Å². The normalized spacial score (nSPS) is 16.5. The Hall–Kier alpha value is -0.430. The Bertz CT molecular complexity index is 500. The minimum absolute atomic E-state index is 0.113. The molecule has 1 aromatic carbocycles. The van der Waals surface area contributed by atoms with Crippen molar-refractivity contribution >= 4 is 37.8 Å². The third kappa shape index (κ3) is 4.77. The Morgan fingerprint density at radius 3 is 2.43 bits per heavy atom. The lowest BCUT2D eigenvalue weighted by Gasteiger charge is -2.35. The molecule has 2 rings (SSSR count). The molecule has 1 fully saturated rings. The topological polar surface area (TPSA) is 26.8 Å². The molecule has 1 aromatic rings. The number of carbonyl (C=O) groups is 1. The van der Waals surface area contributed by atoms with E-state index >= 15 is 0 Å². The van der Waals surface area contributed by atoms with Crippen LogP contribution in [0, 0.1) is 0 Å². The number of carbonyl (C=O) groups excluding carboxylic acids is 1. The number of piperazine rings is 1. The van der Waals surface area contributed by atoms with Gasteiger partial charge in [-0.15, -0.1) is 0 Å². The fourth-order valence-electron chi connectivity index (χ4n) is 2.35. The first kappa shape index (κ1) is 16.9. The minimum Gasteiger partial charge on any atom is -0.336 e. The van der Waals surface area contributed by atoms with E-state index in [-0.39, 0.29) is 5.91 Å². The quantitative estimate of drug-likeness (QED) is 0.751. The van der Waals surface area contributed by atoms with Crippen LogP contribution in [0.1, 0.15) is 10.4 Å². The van der Waals surface area contributed by atoms with Crippen molar-refractivity contribution in [1.82, 2.24) is 14.7 Å². The van der Waals surface area contributed by atoms with Crippen molar-refractivity contribution in [1.29, 1.82) is 0 Å². The summed E-state index contributed by atoms with van der Waals surface area (Å²) in [6.45, 7) is 5.63. The molecule has 21 heavy (non-hydrogen) atoms. The van der Waals surface area contributed by atoms with Gasteiger partial charge in [0, 0.05) is 48.2 Å². The first-order valence-corrected chi connectivity index (χ1v) is 8.67. The second-order valence-corrected chi connectivity index (χ2v) is 7.33. The van der Waals surface area contributed by atoms with Crippen LogP contribution in [0.5, 0.6) is 0 Å². The highest BCUT2D eigenvalue weighted by molar-refractivity contribution is 9.11. The number of halogens is 2. The van der Waals surface area contributed by atoms with E-state index in [2.05, 4.69) is 55.8 Å². The Morgan fingerprint density at radius 1 is 1.19 bits per heavy atom. The van der Waals surface area contributed by atoms with Gasteiger partial charge in [-0.3, -0.25) is 9.69 Å². The molecule has 1 heterocycles. The first-order valence-electron chi connectivity index (χ1n) is 7.09. The summed E-state index contributed by atoms with van der Waals surface area (Å²) in [7, 11) is 4.18. The fraction of sp³-hybridized carbons (Fsp3) is 0.533. The third-order valence-corrected chi connectivity index (χ3v) is 4.83. The van der Waals surface area contributed by atoms with Crippen LogP contribution in [0.3, 0.4) is 0 Å². The summed E-state index contributed by atoms with van der Waals surface area (Å²) in [5.74, 6) is 0.113. The molecule has 4 nitrogen and oxygen atoms in total. The van der Waals surface area contributed by atoms with Gasteiger partial charge >= 0.3 is 0 Å². The molecule has 0 bridgehead atoms. The zero-order valence-corrected chi connectivity index (χ0v) is 15.7. The molecule has 0 spiro atoms. The van der Waals surface area contributed by atoms with Gasteiger partial charge in [0.2, 0.25) is 0 Å². The number of amides is 1. The van der Waals surface area contributed by atoms with Gasteiger partial charge in [-0.2, -0.15) is 0 Å². The van der Waals surface area contributed by atoms with E-state index in [1.807, 2.05) is 23.1 Å². The molecular weight excluding hydrogens is 398 g/mol. The average molecular weight is 419 g/mol. The van der Waals surface area contributed by atoms with Gasteiger partial charge in [0.25, 0.3) is 5.91 Å². The summed E-state index contributed by atoms with van der Waals surface area (Å²) in [6, 6.07) is 5.70. The van der Waals surface area contributed by atoms with E-state index in [0.717, 1.165) is 53.8 Å². The smallest absolute Gasteiger partial charge is 0.255 e. The standard InChI is InChI=1S/C15H21Br2N3O/c1-18(2)5-6-19-7-9-20(10-8-19)15(21)13-4-3-12(16)11-14(13)17/h3-4,11H,5-10H2,1-2H3. The fourth-order valence-corrected chi connectivity index (χ4v) is 3.57. The second-order valence-electron chi connectivity index (χ2n) is 5.56. The van der Waals surface area contributed by atoms with Gasteiger partial charge in [-0.1, -0.05) is 15.9 Å². The SMILES string of the molecule is CN(C)CCN1CCN(C(=O)c2ccc(Br)cc2Br)CC1. The average Bonchev–Trinajstić information content (AvgIpc) is 2.45. The highest BCUT2D eigenvalue weighted by atomic mass is 79.9. The molecule has 0 atom stereocenters. The predicted molar refractivity (Wildman–Crippen MR) is 92.7 cm³/mol. The summed E-state index contributed by atoms with van der Waals surface area (Å²) < 4.78 is 1.82. The van der Waals surface area contributed by atoms with Gasteiger partial charge in [0.15, 0.2) is 0 Å². The molecule has 0 radical (unpaired) electrons. The van der Waals surface area contributed by atoms with Crippen LogP contribution < -0.4 is 0 Å². The summed E-state index contributed by atoms with van der Waals surface area (Å²) in [6.07, 6.45) is 0. The number of nitrogens with zero attached hydrogens (tertiary/aromatic N) is 3. The number of hydrogen-bond acceptors (Lipinski definition) is 3. The van der Waals surface area contributed by atoms with Crippen molar-refractivity contribution in [2.75, 3.05) is 53.4 Å². The van der Waals surface area contributed by atoms with Crippen LogP contribution in [0.2, 0.25) is 0 Å². The number of benzene rings is 1. The number of likely N-dealkylation sites (N-methyl/N-ethyl adjacent to an activating group) is 1. The molecule has 1 aliphatic rings. The Labute approximate surface area is 143 Å². The Morgan fingerprint density at radius 2 is 1.86 bits per heavy atom. The summed E-state index contributed by atoms with van der Waals surface area (Å²) >= 11 is 6.89. The maximum atomic E-state index is 12.6. The molecule has 1 amide bonds. The summed E-state index contributed by atoms with van der Waals surface area (Å²) in [5, 5.41) is 0. The minimum atomic E-state index is 0.113. The van der Waals surface area contributed by atoms with Crippen LogP contribution in [0.25, 0.3) is 0 Å². The van der Waals surface area contributed by atoms with Crippen molar-refractivity contribution in [2.45, 2.75) is 0 Å². The zero-order valence-electron chi connectivity index (χ0n) is 12.5. The first-order chi connectivity index (χ1) is 9.97. The molecule has 116 valence electrons. The van der Waals surface area contributed by atoms with E-state index < -0.39 is 0 Å². The van der Waals surface area contributed by atoms with E-state index in [9.17, 15) is 4.79 Å². The van der Waals surface area contributed by atoms with Gasteiger partial charge in [-0.05, 0) is 48.2 Å².